The van der Waals surface area contributed by atoms with Gasteiger partial charge in [-0.25, -0.2) is 0 Å². The van der Waals surface area contributed by atoms with E-state index in [0.717, 1.165) is 19.4 Å². The Morgan fingerprint density at radius 1 is 1.55 bits per heavy atom. The first-order chi connectivity index (χ1) is 5.14. The summed E-state index contributed by atoms with van der Waals surface area (Å²) in [6.07, 6.45) is 3.84. The molecule has 2 nitrogen and oxygen atoms in total. The van der Waals surface area contributed by atoms with Gasteiger partial charge >= 0.3 is 0 Å². The molecule has 0 aromatic carbocycles. The summed E-state index contributed by atoms with van der Waals surface area (Å²) in [6.45, 7) is 5.04. The fourth-order valence-corrected chi connectivity index (χ4v) is 1.41. The van der Waals surface area contributed by atoms with Crippen molar-refractivity contribution in [2.75, 3.05) is 13.7 Å². The van der Waals surface area contributed by atoms with Gasteiger partial charge in [0.2, 0.25) is 0 Å². The number of ether oxygens (including phenoxy) is 2. The highest BCUT2D eigenvalue weighted by atomic mass is 16.5. The average molecular weight is 156 g/mol. The molecule has 64 valence electrons. The first kappa shape index (κ1) is 8.60. The van der Waals surface area contributed by atoms with Crippen LogP contribution in [0.4, 0.5) is 0 Å². The van der Waals surface area contributed by atoms with Crippen molar-refractivity contribution in [3.63, 3.8) is 0 Å². The zero-order chi connectivity index (χ0) is 8.32. The van der Waals surface area contributed by atoms with Crippen LogP contribution in [0.1, 0.15) is 26.7 Å². The summed E-state index contributed by atoms with van der Waals surface area (Å²) >= 11 is 0. The van der Waals surface area contributed by atoms with Gasteiger partial charge in [0.1, 0.15) is 0 Å². The summed E-state index contributed by atoms with van der Waals surface area (Å²) in [5.41, 5.74) is 1.35. The first-order valence-electron chi connectivity index (χ1n) is 3.99. The predicted octanol–water partition coefficient (Wildman–Crippen LogP) is 2.11. The zero-order valence-electron chi connectivity index (χ0n) is 7.52. The minimum Gasteiger partial charge on any atom is -0.504 e. The highest BCUT2D eigenvalue weighted by molar-refractivity contribution is 5.05. The third-order valence-corrected chi connectivity index (χ3v) is 1.85. The van der Waals surface area contributed by atoms with Crippen LogP contribution >= 0.6 is 0 Å². The van der Waals surface area contributed by atoms with Crippen LogP contribution in [0.3, 0.4) is 0 Å². The Labute approximate surface area is 68.2 Å². The van der Waals surface area contributed by atoms with Crippen LogP contribution in [0.15, 0.2) is 11.8 Å². The van der Waals surface area contributed by atoms with Gasteiger partial charge in [-0.3, -0.25) is 0 Å². The number of methoxy groups -OCH3 is 1. The van der Waals surface area contributed by atoms with Crippen molar-refractivity contribution in [1.82, 2.24) is 0 Å². The molecule has 0 spiro atoms. The summed E-state index contributed by atoms with van der Waals surface area (Å²) in [6, 6.07) is 0. The van der Waals surface area contributed by atoms with Crippen LogP contribution in [0, 0.1) is 0 Å². The molecule has 0 atom stereocenters. The van der Waals surface area contributed by atoms with E-state index >= 15 is 0 Å². The maximum atomic E-state index is 5.55. The lowest BCUT2D eigenvalue weighted by atomic mass is 9.94. The van der Waals surface area contributed by atoms with Crippen LogP contribution in [0.5, 0.6) is 0 Å². The Hall–Kier alpha value is -0.500. The topological polar surface area (TPSA) is 18.5 Å². The van der Waals surface area contributed by atoms with E-state index in [1.54, 1.807) is 7.11 Å². The Balaban J connectivity index is 2.53. The lowest BCUT2D eigenvalue weighted by Gasteiger charge is -2.31. The first-order valence-corrected chi connectivity index (χ1v) is 3.99. The van der Waals surface area contributed by atoms with Gasteiger partial charge in [0.05, 0.1) is 25.6 Å². The monoisotopic (exact) mass is 156 g/mol. The molecule has 0 saturated carbocycles. The van der Waals surface area contributed by atoms with Gasteiger partial charge in [-0.15, -0.1) is 0 Å². The molecule has 1 aliphatic rings. The minimum atomic E-state index is 0.00259. The molecule has 2 heteroatoms. The van der Waals surface area contributed by atoms with Crippen molar-refractivity contribution in [3.8, 4) is 0 Å². The van der Waals surface area contributed by atoms with Gasteiger partial charge in [0, 0.05) is 6.42 Å². The highest BCUT2D eigenvalue weighted by Gasteiger charge is 2.24. The van der Waals surface area contributed by atoms with Crippen molar-refractivity contribution < 1.29 is 9.47 Å². The predicted molar refractivity (Wildman–Crippen MR) is 44.4 cm³/mol. The zero-order valence-corrected chi connectivity index (χ0v) is 7.52. The summed E-state index contributed by atoms with van der Waals surface area (Å²) in [4.78, 5) is 0. The molecule has 0 bridgehead atoms. The lowest BCUT2D eigenvalue weighted by Crippen LogP contribution is -2.30. The molecule has 0 aliphatic carbocycles. The molecule has 1 heterocycles. The van der Waals surface area contributed by atoms with Crippen LogP contribution < -0.4 is 0 Å². The van der Waals surface area contributed by atoms with E-state index in [2.05, 4.69) is 13.8 Å². The molecule has 0 amide bonds. The second-order valence-electron chi connectivity index (χ2n) is 3.55. The smallest absolute Gasteiger partial charge is 0.0818 e. The minimum absolute atomic E-state index is 0.00259. The lowest BCUT2D eigenvalue weighted by molar-refractivity contribution is -0.0342. The molecule has 0 aromatic rings. The Morgan fingerprint density at radius 3 is 2.82 bits per heavy atom. The molecule has 1 aliphatic heterocycles. The molecule has 11 heavy (non-hydrogen) atoms. The van der Waals surface area contributed by atoms with Crippen molar-refractivity contribution in [1.29, 1.82) is 0 Å². The van der Waals surface area contributed by atoms with Crippen molar-refractivity contribution >= 4 is 0 Å². The van der Waals surface area contributed by atoms with Crippen LogP contribution in [-0.4, -0.2) is 19.3 Å². The van der Waals surface area contributed by atoms with Gasteiger partial charge in [-0.2, -0.15) is 0 Å². The molecule has 0 aromatic heterocycles. The van der Waals surface area contributed by atoms with E-state index in [1.165, 1.54) is 5.57 Å². The summed E-state index contributed by atoms with van der Waals surface area (Å²) < 4.78 is 10.5. The molecular formula is C9H16O2. The SMILES string of the molecule is COC=C1CCOC(C)(C)C1. The Kier molecular flexibility index (Phi) is 2.55. The van der Waals surface area contributed by atoms with Gasteiger partial charge in [0.25, 0.3) is 0 Å². The van der Waals surface area contributed by atoms with Crippen LogP contribution in [0.25, 0.3) is 0 Å². The quantitative estimate of drug-likeness (QED) is 0.541. The molecule has 1 rings (SSSR count). The largest absolute Gasteiger partial charge is 0.504 e. The third-order valence-electron chi connectivity index (χ3n) is 1.85. The molecular weight excluding hydrogens is 140 g/mol. The number of rotatable bonds is 1. The van der Waals surface area contributed by atoms with Gasteiger partial charge in [-0.05, 0) is 25.8 Å². The highest BCUT2D eigenvalue weighted by Crippen LogP contribution is 2.27. The van der Waals surface area contributed by atoms with Crippen molar-refractivity contribution in [2.45, 2.75) is 32.3 Å². The molecule has 1 saturated heterocycles. The van der Waals surface area contributed by atoms with E-state index in [4.69, 9.17) is 9.47 Å². The fourth-order valence-electron chi connectivity index (χ4n) is 1.41. The second kappa shape index (κ2) is 3.26. The van der Waals surface area contributed by atoms with E-state index in [1.807, 2.05) is 6.26 Å². The number of hydrogen-bond acceptors (Lipinski definition) is 2. The average Bonchev–Trinajstić information content (AvgIpc) is 1.85. The summed E-state index contributed by atoms with van der Waals surface area (Å²) in [5, 5.41) is 0. The Bertz CT molecular complexity index is 159. The standard InChI is InChI=1S/C9H16O2/c1-9(2)6-8(7-10-3)4-5-11-9/h7H,4-6H2,1-3H3. The maximum Gasteiger partial charge on any atom is 0.0818 e. The molecule has 0 N–H and O–H groups in total. The Morgan fingerprint density at radius 2 is 2.27 bits per heavy atom. The normalized spacial score (nSPS) is 27.0. The fraction of sp³-hybridized carbons (Fsp3) is 0.778. The second-order valence-corrected chi connectivity index (χ2v) is 3.55. The van der Waals surface area contributed by atoms with E-state index < -0.39 is 0 Å². The van der Waals surface area contributed by atoms with E-state index in [-0.39, 0.29) is 5.60 Å². The molecule has 1 fully saturated rings. The van der Waals surface area contributed by atoms with Crippen LogP contribution in [-0.2, 0) is 9.47 Å². The summed E-state index contributed by atoms with van der Waals surface area (Å²) in [5.74, 6) is 0. The third kappa shape index (κ3) is 2.54. The van der Waals surface area contributed by atoms with E-state index in [0.29, 0.717) is 0 Å². The van der Waals surface area contributed by atoms with Crippen LogP contribution in [0.2, 0.25) is 0 Å². The molecule has 0 radical (unpaired) electrons. The molecule has 0 unspecified atom stereocenters. The van der Waals surface area contributed by atoms with E-state index in [9.17, 15) is 0 Å². The summed E-state index contributed by atoms with van der Waals surface area (Å²) in [7, 11) is 1.69. The van der Waals surface area contributed by atoms with Crippen molar-refractivity contribution in [3.05, 3.63) is 11.8 Å². The van der Waals surface area contributed by atoms with Gasteiger partial charge < -0.3 is 9.47 Å². The maximum absolute atomic E-state index is 5.55. The number of hydrogen-bond donors (Lipinski definition) is 0. The van der Waals surface area contributed by atoms with Crippen molar-refractivity contribution in [2.24, 2.45) is 0 Å². The van der Waals surface area contributed by atoms with Gasteiger partial charge in [-0.1, -0.05) is 0 Å². The van der Waals surface area contributed by atoms with Gasteiger partial charge in [0.15, 0.2) is 0 Å².